The van der Waals surface area contributed by atoms with Gasteiger partial charge in [0.25, 0.3) is 0 Å². The van der Waals surface area contributed by atoms with Crippen molar-refractivity contribution in [2.24, 2.45) is 5.73 Å². The topological polar surface area (TPSA) is 43.8 Å². The van der Waals surface area contributed by atoms with Crippen LogP contribution in [-0.2, 0) is 0 Å². The Morgan fingerprint density at radius 1 is 1.05 bits per heavy atom. The monoisotopic (exact) mass is 267 g/mol. The molecule has 1 aliphatic carbocycles. The van der Waals surface area contributed by atoms with Crippen molar-refractivity contribution in [3.63, 3.8) is 0 Å². The van der Waals surface area contributed by atoms with Gasteiger partial charge in [-0.25, -0.2) is 4.68 Å². The van der Waals surface area contributed by atoms with Gasteiger partial charge >= 0.3 is 0 Å². The van der Waals surface area contributed by atoms with Crippen LogP contribution < -0.4 is 5.73 Å². The zero-order valence-electron chi connectivity index (χ0n) is 11.7. The summed E-state index contributed by atoms with van der Waals surface area (Å²) in [7, 11) is 0. The Hall–Kier alpha value is -1.87. The van der Waals surface area contributed by atoms with E-state index in [1.165, 1.54) is 24.8 Å². The molecule has 0 saturated carbocycles. The summed E-state index contributed by atoms with van der Waals surface area (Å²) in [4.78, 5) is 0. The van der Waals surface area contributed by atoms with Crippen molar-refractivity contribution in [2.45, 2.75) is 38.1 Å². The van der Waals surface area contributed by atoms with Crippen LogP contribution in [0.5, 0.6) is 0 Å². The third-order valence-electron chi connectivity index (χ3n) is 3.92. The van der Waals surface area contributed by atoms with E-state index in [0.717, 1.165) is 24.2 Å². The van der Waals surface area contributed by atoms with E-state index in [1.807, 2.05) is 47.3 Å². The quantitative estimate of drug-likeness (QED) is 0.860. The molecule has 0 radical (unpaired) electrons. The molecule has 1 unspecified atom stereocenters. The van der Waals surface area contributed by atoms with Crippen LogP contribution in [0, 0.1) is 0 Å². The Balaban J connectivity index is 1.81. The first-order valence-corrected chi connectivity index (χ1v) is 7.40. The molecule has 1 aromatic heterocycles. The second kappa shape index (κ2) is 6.06. The van der Waals surface area contributed by atoms with E-state index in [2.05, 4.69) is 11.2 Å². The van der Waals surface area contributed by atoms with Crippen molar-refractivity contribution in [1.82, 2.24) is 9.78 Å². The lowest BCUT2D eigenvalue weighted by Gasteiger charge is -2.12. The van der Waals surface area contributed by atoms with Gasteiger partial charge in [-0.2, -0.15) is 5.10 Å². The fraction of sp³-hybridized carbons (Fsp3) is 0.353. The number of rotatable bonds is 3. The minimum Gasteiger partial charge on any atom is -0.319 e. The molecule has 1 aliphatic rings. The summed E-state index contributed by atoms with van der Waals surface area (Å²) in [5.41, 5.74) is 9.76. The lowest BCUT2D eigenvalue weighted by atomic mass is 10.0. The van der Waals surface area contributed by atoms with Crippen molar-refractivity contribution in [2.75, 3.05) is 0 Å². The Labute approximate surface area is 120 Å². The Morgan fingerprint density at radius 3 is 2.75 bits per heavy atom. The molecule has 0 spiro atoms. The molecule has 1 atom stereocenters. The summed E-state index contributed by atoms with van der Waals surface area (Å²) in [5.74, 6) is 0. The summed E-state index contributed by atoms with van der Waals surface area (Å²) in [6.45, 7) is 0. The summed E-state index contributed by atoms with van der Waals surface area (Å²) in [6.07, 6.45) is 10.4. The Morgan fingerprint density at radius 2 is 1.90 bits per heavy atom. The van der Waals surface area contributed by atoms with Gasteiger partial charge in [0.1, 0.15) is 0 Å². The van der Waals surface area contributed by atoms with Gasteiger partial charge in [0.05, 0.1) is 17.4 Å². The molecular weight excluding hydrogens is 246 g/mol. The number of hydrogen-bond donors (Lipinski definition) is 1. The molecule has 0 fully saturated rings. The number of benzene rings is 1. The summed E-state index contributed by atoms with van der Waals surface area (Å²) >= 11 is 0. The van der Waals surface area contributed by atoms with Crippen molar-refractivity contribution in [3.05, 3.63) is 59.9 Å². The molecule has 3 rings (SSSR count). The van der Waals surface area contributed by atoms with Gasteiger partial charge in [-0.3, -0.25) is 0 Å². The van der Waals surface area contributed by atoms with Gasteiger partial charge in [0.15, 0.2) is 0 Å². The number of nitrogens with zero attached hydrogens (tertiary/aromatic N) is 2. The molecule has 3 nitrogen and oxygen atoms in total. The molecule has 20 heavy (non-hydrogen) atoms. The molecular formula is C17H21N3. The van der Waals surface area contributed by atoms with Gasteiger partial charge < -0.3 is 5.73 Å². The zero-order valence-corrected chi connectivity index (χ0v) is 11.7. The average molecular weight is 267 g/mol. The first kappa shape index (κ1) is 13.1. The average Bonchev–Trinajstić information content (AvgIpc) is 2.83. The van der Waals surface area contributed by atoms with Gasteiger partial charge in [0, 0.05) is 6.20 Å². The summed E-state index contributed by atoms with van der Waals surface area (Å²) in [6, 6.07) is 12.1. The van der Waals surface area contributed by atoms with Crippen LogP contribution >= 0.6 is 0 Å². The SMILES string of the molecule is NC(C1=CCCCCC1)c1ccn(-c2ccccc2)n1. The zero-order chi connectivity index (χ0) is 13.8. The maximum Gasteiger partial charge on any atom is 0.0838 e. The van der Waals surface area contributed by atoms with Crippen LogP contribution in [0.2, 0.25) is 0 Å². The maximum absolute atomic E-state index is 6.39. The highest BCUT2D eigenvalue weighted by Gasteiger charge is 2.16. The number of nitrogens with two attached hydrogens (primary N) is 1. The van der Waals surface area contributed by atoms with Crippen LogP contribution in [0.3, 0.4) is 0 Å². The molecule has 0 bridgehead atoms. The van der Waals surface area contributed by atoms with Gasteiger partial charge in [-0.1, -0.05) is 36.3 Å². The summed E-state index contributed by atoms with van der Waals surface area (Å²) in [5, 5.41) is 4.64. The highest BCUT2D eigenvalue weighted by Crippen LogP contribution is 2.26. The maximum atomic E-state index is 6.39. The van der Waals surface area contributed by atoms with E-state index < -0.39 is 0 Å². The fourth-order valence-electron chi connectivity index (χ4n) is 2.74. The second-order valence-electron chi connectivity index (χ2n) is 5.38. The number of aromatic nitrogens is 2. The van der Waals surface area contributed by atoms with E-state index in [0.29, 0.717) is 0 Å². The predicted molar refractivity (Wildman–Crippen MR) is 81.7 cm³/mol. The number of hydrogen-bond acceptors (Lipinski definition) is 2. The van der Waals surface area contributed by atoms with Crippen molar-refractivity contribution >= 4 is 0 Å². The first-order chi connectivity index (χ1) is 9.84. The molecule has 0 amide bonds. The molecule has 2 N–H and O–H groups in total. The third kappa shape index (κ3) is 2.83. The van der Waals surface area contributed by atoms with Crippen molar-refractivity contribution < 1.29 is 0 Å². The smallest absolute Gasteiger partial charge is 0.0838 e. The van der Waals surface area contributed by atoms with Crippen LogP contribution in [0.1, 0.15) is 43.8 Å². The summed E-state index contributed by atoms with van der Waals surface area (Å²) < 4.78 is 1.90. The van der Waals surface area contributed by atoms with Crippen LogP contribution in [-0.4, -0.2) is 9.78 Å². The Kier molecular flexibility index (Phi) is 3.97. The van der Waals surface area contributed by atoms with Crippen molar-refractivity contribution in [1.29, 1.82) is 0 Å². The minimum absolute atomic E-state index is 0.0573. The van der Waals surface area contributed by atoms with Crippen molar-refractivity contribution in [3.8, 4) is 5.69 Å². The van der Waals surface area contributed by atoms with E-state index in [4.69, 9.17) is 5.73 Å². The normalized spacial score (nSPS) is 17.4. The second-order valence-corrected chi connectivity index (χ2v) is 5.38. The standard InChI is InChI=1S/C17H21N3/c18-17(14-8-4-1-2-5-9-14)16-12-13-20(19-16)15-10-6-3-7-11-15/h3,6-8,10-13,17H,1-2,4-5,9,18H2. The van der Waals surface area contributed by atoms with E-state index >= 15 is 0 Å². The van der Waals surface area contributed by atoms with Gasteiger partial charge in [-0.15, -0.1) is 0 Å². The lowest BCUT2D eigenvalue weighted by Crippen LogP contribution is -2.14. The van der Waals surface area contributed by atoms with Crippen LogP contribution in [0.25, 0.3) is 5.69 Å². The molecule has 2 aromatic rings. The molecule has 0 aliphatic heterocycles. The van der Waals surface area contributed by atoms with E-state index in [9.17, 15) is 0 Å². The largest absolute Gasteiger partial charge is 0.319 e. The highest BCUT2D eigenvalue weighted by atomic mass is 15.3. The molecule has 104 valence electrons. The van der Waals surface area contributed by atoms with Crippen LogP contribution in [0.4, 0.5) is 0 Å². The van der Waals surface area contributed by atoms with Crippen LogP contribution in [0.15, 0.2) is 54.2 Å². The molecule has 1 heterocycles. The molecule has 0 saturated heterocycles. The lowest BCUT2D eigenvalue weighted by molar-refractivity contribution is 0.677. The highest BCUT2D eigenvalue weighted by molar-refractivity contribution is 5.31. The molecule has 1 aromatic carbocycles. The first-order valence-electron chi connectivity index (χ1n) is 7.40. The number of allylic oxidation sites excluding steroid dienone is 1. The Bertz CT molecular complexity index is 583. The van der Waals surface area contributed by atoms with E-state index in [1.54, 1.807) is 0 Å². The van der Waals surface area contributed by atoms with Gasteiger partial charge in [0.2, 0.25) is 0 Å². The van der Waals surface area contributed by atoms with E-state index in [-0.39, 0.29) is 6.04 Å². The predicted octanol–water partition coefficient (Wildman–Crippen LogP) is 3.76. The molecule has 3 heteroatoms. The fourth-order valence-corrected chi connectivity index (χ4v) is 2.74. The minimum atomic E-state index is -0.0573. The third-order valence-corrected chi connectivity index (χ3v) is 3.92. The number of para-hydroxylation sites is 1. The van der Waals surface area contributed by atoms with Gasteiger partial charge in [-0.05, 0) is 43.9 Å².